The number of phenolic OH excluding ortho intramolecular Hbond substituents is 1. The summed E-state index contributed by atoms with van der Waals surface area (Å²) in [6.07, 6.45) is -0.239. The summed E-state index contributed by atoms with van der Waals surface area (Å²) >= 11 is 0. The summed E-state index contributed by atoms with van der Waals surface area (Å²) in [5, 5.41) is 27.8. The van der Waals surface area contributed by atoms with Crippen LogP contribution in [0.5, 0.6) is 5.75 Å². The molecule has 4 N–H and O–H groups in total. The normalized spacial score (nSPS) is 16.3. The van der Waals surface area contributed by atoms with Gasteiger partial charge in [-0.15, -0.1) is 10.2 Å². The lowest BCUT2D eigenvalue weighted by atomic mass is 9.94. The van der Waals surface area contributed by atoms with Gasteiger partial charge in [0.1, 0.15) is 11.9 Å². The van der Waals surface area contributed by atoms with Crippen molar-refractivity contribution in [1.29, 1.82) is 0 Å². The van der Waals surface area contributed by atoms with E-state index in [4.69, 9.17) is 10.5 Å². The van der Waals surface area contributed by atoms with Gasteiger partial charge in [-0.2, -0.15) is 0 Å². The van der Waals surface area contributed by atoms with Crippen molar-refractivity contribution in [3.63, 3.8) is 0 Å². The molecule has 2 heterocycles. The van der Waals surface area contributed by atoms with Crippen LogP contribution < -0.4 is 10.6 Å². The largest absolute Gasteiger partial charge is 0.507 e. The number of carbonyl (C=O) groups is 1. The lowest BCUT2D eigenvalue weighted by Crippen LogP contribution is -2.39. The Labute approximate surface area is 179 Å². The van der Waals surface area contributed by atoms with Crippen molar-refractivity contribution < 1.29 is 19.7 Å². The van der Waals surface area contributed by atoms with E-state index >= 15 is 0 Å². The predicted molar refractivity (Wildman–Crippen MR) is 117 cm³/mol. The lowest BCUT2D eigenvalue weighted by molar-refractivity contribution is 0.0393. The van der Waals surface area contributed by atoms with Gasteiger partial charge in [0.15, 0.2) is 5.82 Å². The molecule has 4 rings (SSSR count). The first kappa shape index (κ1) is 20.6. The number of ether oxygens (including phenoxy) is 1. The van der Waals surface area contributed by atoms with Crippen molar-refractivity contribution in [2.24, 2.45) is 0 Å². The van der Waals surface area contributed by atoms with Gasteiger partial charge in [-0.25, -0.2) is 4.79 Å². The molecule has 0 spiro atoms. The van der Waals surface area contributed by atoms with Crippen molar-refractivity contribution in [3.05, 3.63) is 64.7 Å². The van der Waals surface area contributed by atoms with E-state index in [1.54, 1.807) is 24.3 Å². The molecule has 0 bridgehead atoms. The number of hydrogen-bond acceptors (Lipinski definition) is 7. The van der Waals surface area contributed by atoms with Gasteiger partial charge < -0.3 is 25.6 Å². The number of hydrogen-bond donors (Lipinski definition) is 3. The Kier molecular flexibility index (Phi) is 5.48. The second kappa shape index (κ2) is 8.23. The van der Waals surface area contributed by atoms with E-state index in [2.05, 4.69) is 15.1 Å². The molecule has 31 heavy (non-hydrogen) atoms. The van der Waals surface area contributed by atoms with Gasteiger partial charge in [0.05, 0.1) is 23.6 Å². The van der Waals surface area contributed by atoms with Crippen LogP contribution in [0.4, 0.5) is 11.5 Å². The number of benzene rings is 2. The molecule has 1 saturated heterocycles. The molecule has 1 aromatic heterocycles. The maximum absolute atomic E-state index is 11.4. The molecule has 1 fully saturated rings. The number of morpholine rings is 1. The highest BCUT2D eigenvalue weighted by molar-refractivity contribution is 5.89. The fraction of sp³-hybridized carbons (Fsp3) is 0.261. The van der Waals surface area contributed by atoms with E-state index in [1.165, 1.54) is 0 Å². The molecule has 3 aromatic rings. The average molecular weight is 420 g/mol. The molecule has 2 aromatic carbocycles. The number of para-hydroxylation sites is 1. The Bertz CT molecular complexity index is 1150. The van der Waals surface area contributed by atoms with Crippen LogP contribution in [0.25, 0.3) is 11.3 Å². The second-order valence-electron chi connectivity index (χ2n) is 7.58. The number of anilines is 2. The Hall–Kier alpha value is -3.65. The summed E-state index contributed by atoms with van der Waals surface area (Å²) in [6, 6.07) is 12.2. The molecule has 0 aliphatic carbocycles. The molecule has 0 unspecified atom stereocenters. The molecule has 1 aliphatic rings. The van der Waals surface area contributed by atoms with Crippen LogP contribution in [0.3, 0.4) is 0 Å². The number of nitrogens with zero attached hydrogens (tertiary/aromatic N) is 3. The topological polar surface area (TPSA) is 122 Å². The smallest absolute Gasteiger partial charge is 0.335 e. The number of nitrogens with two attached hydrogens (primary N) is 1. The third-order valence-corrected chi connectivity index (χ3v) is 5.79. The van der Waals surface area contributed by atoms with Crippen molar-refractivity contribution in [1.82, 2.24) is 10.2 Å². The molecule has 0 amide bonds. The zero-order chi connectivity index (χ0) is 22.1. The van der Waals surface area contributed by atoms with Crippen LogP contribution >= 0.6 is 0 Å². The number of phenols is 1. The Balaban J connectivity index is 1.65. The van der Waals surface area contributed by atoms with Crippen LogP contribution in [-0.2, 0) is 4.74 Å². The Morgan fingerprint density at radius 3 is 2.68 bits per heavy atom. The van der Waals surface area contributed by atoms with Gasteiger partial charge in [-0.05, 0) is 54.8 Å². The third kappa shape index (κ3) is 3.89. The van der Waals surface area contributed by atoms with E-state index in [-0.39, 0.29) is 11.9 Å². The van der Waals surface area contributed by atoms with Gasteiger partial charge in [-0.3, -0.25) is 0 Å². The number of carboxylic acids is 1. The number of aromatic nitrogens is 2. The Morgan fingerprint density at radius 1 is 1.16 bits per heavy atom. The molecule has 1 atom stereocenters. The number of nitrogen functional groups attached to an aromatic ring is 1. The van der Waals surface area contributed by atoms with Crippen LogP contribution in [0.15, 0.2) is 42.5 Å². The van der Waals surface area contributed by atoms with E-state index in [0.29, 0.717) is 42.3 Å². The van der Waals surface area contributed by atoms with Crippen LogP contribution in [0.1, 0.15) is 33.2 Å². The quantitative estimate of drug-likeness (QED) is 0.588. The first-order valence-corrected chi connectivity index (χ1v) is 9.98. The highest BCUT2D eigenvalue weighted by atomic mass is 16.5. The maximum atomic E-state index is 11.4. The van der Waals surface area contributed by atoms with Crippen molar-refractivity contribution in [2.45, 2.75) is 20.0 Å². The average Bonchev–Trinajstić information content (AvgIpc) is 2.76. The summed E-state index contributed by atoms with van der Waals surface area (Å²) in [5.74, 6) is -0.517. The van der Waals surface area contributed by atoms with E-state index < -0.39 is 5.97 Å². The third-order valence-electron chi connectivity index (χ3n) is 5.79. The SMILES string of the molecule is Cc1c(C(=O)O)ccc([C@@H]2CN(c3cc(-c4ccccc4O)nnc3N)CCO2)c1C. The Morgan fingerprint density at radius 2 is 1.94 bits per heavy atom. The molecule has 8 heteroatoms. The number of carboxylic acid groups (broad SMARTS) is 1. The minimum absolute atomic E-state index is 0.122. The highest BCUT2D eigenvalue weighted by Gasteiger charge is 2.27. The number of aromatic hydroxyl groups is 1. The van der Waals surface area contributed by atoms with Crippen molar-refractivity contribution >= 4 is 17.5 Å². The fourth-order valence-electron chi connectivity index (χ4n) is 3.94. The first-order chi connectivity index (χ1) is 14.9. The minimum Gasteiger partial charge on any atom is -0.507 e. The van der Waals surface area contributed by atoms with Gasteiger partial charge in [0, 0.05) is 18.7 Å². The van der Waals surface area contributed by atoms with E-state index in [1.807, 2.05) is 32.0 Å². The second-order valence-corrected chi connectivity index (χ2v) is 7.58. The zero-order valence-electron chi connectivity index (χ0n) is 17.4. The molecule has 0 saturated carbocycles. The van der Waals surface area contributed by atoms with Crippen LogP contribution in [0.2, 0.25) is 0 Å². The van der Waals surface area contributed by atoms with E-state index in [0.717, 1.165) is 22.4 Å². The molecule has 8 nitrogen and oxygen atoms in total. The zero-order valence-corrected chi connectivity index (χ0v) is 17.4. The predicted octanol–water partition coefficient (Wildman–Crippen LogP) is 3.32. The van der Waals surface area contributed by atoms with Crippen molar-refractivity contribution in [2.75, 3.05) is 30.3 Å². The highest BCUT2D eigenvalue weighted by Crippen LogP contribution is 2.34. The first-order valence-electron chi connectivity index (χ1n) is 9.98. The van der Waals surface area contributed by atoms with Crippen molar-refractivity contribution in [3.8, 4) is 17.0 Å². The fourth-order valence-corrected chi connectivity index (χ4v) is 3.94. The summed E-state index contributed by atoms with van der Waals surface area (Å²) in [4.78, 5) is 13.5. The number of aromatic carboxylic acids is 1. The lowest BCUT2D eigenvalue weighted by Gasteiger charge is -2.36. The standard InChI is InChI=1S/C23H24N4O4/c1-13-14(2)16(23(29)30)8-7-15(13)21-12-27(9-10-31-21)19-11-18(25-26-22(19)24)17-5-3-4-6-20(17)28/h3-8,11,21,28H,9-10,12H2,1-2H3,(H2,24,26)(H,29,30)/t21-/m0/s1. The molecule has 160 valence electrons. The molecular formula is C23H24N4O4. The van der Waals surface area contributed by atoms with Crippen LogP contribution in [-0.4, -0.2) is 46.1 Å². The summed E-state index contributed by atoms with van der Waals surface area (Å²) in [6.45, 7) is 5.36. The molecule has 0 radical (unpaired) electrons. The molecular weight excluding hydrogens is 396 g/mol. The number of rotatable bonds is 4. The minimum atomic E-state index is -0.939. The monoisotopic (exact) mass is 420 g/mol. The van der Waals surface area contributed by atoms with Gasteiger partial charge >= 0.3 is 5.97 Å². The molecule has 1 aliphatic heterocycles. The van der Waals surface area contributed by atoms with Gasteiger partial charge in [0.2, 0.25) is 0 Å². The summed E-state index contributed by atoms with van der Waals surface area (Å²) in [7, 11) is 0. The summed E-state index contributed by atoms with van der Waals surface area (Å²) in [5.41, 5.74) is 10.9. The van der Waals surface area contributed by atoms with Crippen LogP contribution in [0, 0.1) is 13.8 Å². The van der Waals surface area contributed by atoms with Gasteiger partial charge in [-0.1, -0.05) is 18.2 Å². The summed E-state index contributed by atoms with van der Waals surface area (Å²) < 4.78 is 6.02. The van der Waals surface area contributed by atoms with E-state index in [9.17, 15) is 15.0 Å². The van der Waals surface area contributed by atoms with Gasteiger partial charge in [0.25, 0.3) is 0 Å². The maximum Gasteiger partial charge on any atom is 0.335 e.